The van der Waals surface area contributed by atoms with Crippen LogP contribution in [0.5, 0.6) is 0 Å². The summed E-state index contributed by atoms with van der Waals surface area (Å²) in [4.78, 5) is 40.4. The molecule has 0 aromatic heterocycles. The Balaban J connectivity index is 1.86. The highest BCUT2D eigenvalue weighted by molar-refractivity contribution is 9.12. The molecule has 0 unspecified atom stereocenters. The van der Waals surface area contributed by atoms with Gasteiger partial charge in [0.25, 0.3) is 0 Å². The minimum Gasteiger partial charge on any atom is -0.464 e. The van der Waals surface area contributed by atoms with E-state index < -0.39 is 12.0 Å². The summed E-state index contributed by atoms with van der Waals surface area (Å²) in [6.45, 7) is 6.21. The number of carbonyl (C=O) groups is 3. The second kappa shape index (κ2) is 7.29. The van der Waals surface area contributed by atoms with Crippen molar-refractivity contribution in [1.82, 2.24) is 4.90 Å². The van der Waals surface area contributed by atoms with Crippen LogP contribution in [0, 0.1) is 29.6 Å². The molecule has 0 N–H and O–H groups in total. The zero-order chi connectivity index (χ0) is 18.5. The average Bonchev–Trinajstić information content (AvgIpc) is 3.15. The zero-order valence-electron chi connectivity index (χ0n) is 14.8. The number of rotatable bonds is 6. The second-order valence-corrected chi connectivity index (χ2v) is 9.98. The minimum atomic E-state index is -0.792. The van der Waals surface area contributed by atoms with E-state index in [9.17, 15) is 14.4 Å². The largest absolute Gasteiger partial charge is 0.464 e. The molecule has 0 radical (unpaired) electrons. The number of esters is 1. The number of hydrogen-bond acceptors (Lipinski definition) is 4. The first-order valence-corrected chi connectivity index (χ1v) is 10.9. The fourth-order valence-corrected chi connectivity index (χ4v) is 6.60. The van der Waals surface area contributed by atoms with Crippen LogP contribution < -0.4 is 0 Å². The van der Waals surface area contributed by atoms with E-state index in [4.69, 9.17) is 4.74 Å². The van der Waals surface area contributed by atoms with Crippen LogP contribution in [0.2, 0.25) is 0 Å². The Morgan fingerprint density at radius 3 is 2.12 bits per heavy atom. The number of likely N-dealkylation sites (tertiary alicyclic amines) is 1. The molecule has 3 rings (SSSR count). The fourth-order valence-electron chi connectivity index (χ4n) is 4.73. The Bertz CT molecular complexity index is 549. The monoisotopic (exact) mass is 477 g/mol. The van der Waals surface area contributed by atoms with Crippen LogP contribution in [0.1, 0.15) is 40.0 Å². The van der Waals surface area contributed by atoms with Crippen LogP contribution in [0.25, 0.3) is 0 Å². The molecule has 2 bridgehead atoms. The van der Waals surface area contributed by atoms with Gasteiger partial charge in [0.15, 0.2) is 0 Å². The predicted octanol–water partition coefficient (Wildman–Crippen LogP) is 3.13. The van der Waals surface area contributed by atoms with E-state index in [1.807, 2.05) is 20.8 Å². The molecule has 1 heterocycles. The van der Waals surface area contributed by atoms with Gasteiger partial charge in [0, 0.05) is 9.65 Å². The van der Waals surface area contributed by atoms with E-state index in [2.05, 4.69) is 31.9 Å². The summed E-state index contributed by atoms with van der Waals surface area (Å²) >= 11 is 7.37. The summed E-state index contributed by atoms with van der Waals surface area (Å²) in [7, 11) is 0. The first kappa shape index (κ1) is 19.3. The van der Waals surface area contributed by atoms with Crippen LogP contribution in [-0.2, 0) is 19.1 Å². The highest BCUT2D eigenvalue weighted by Crippen LogP contribution is 2.60. The van der Waals surface area contributed by atoms with Gasteiger partial charge in [-0.15, -0.1) is 0 Å². The Hall–Kier alpha value is -0.430. The maximum atomic E-state index is 13.1. The van der Waals surface area contributed by atoms with Gasteiger partial charge in [-0.1, -0.05) is 52.6 Å². The summed E-state index contributed by atoms with van der Waals surface area (Å²) in [5.74, 6) is -0.871. The van der Waals surface area contributed by atoms with Gasteiger partial charge in [-0.2, -0.15) is 0 Å². The van der Waals surface area contributed by atoms with E-state index in [0.717, 1.165) is 6.42 Å². The Labute approximate surface area is 165 Å². The fraction of sp³-hybridized carbons (Fsp3) is 0.833. The van der Waals surface area contributed by atoms with Crippen molar-refractivity contribution in [2.45, 2.75) is 55.7 Å². The van der Waals surface area contributed by atoms with Crippen LogP contribution >= 0.6 is 31.9 Å². The number of hydrogen-bond donors (Lipinski definition) is 0. The van der Waals surface area contributed by atoms with E-state index in [1.165, 1.54) is 4.90 Å². The van der Waals surface area contributed by atoms with Gasteiger partial charge >= 0.3 is 5.97 Å². The van der Waals surface area contributed by atoms with Crippen molar-refractivity contribution in [1.29, 1.82) is 0 Å². The van der Waals surface area contributed by atoms with E-state index in [-0.39, 0.29) is 51.1 Å². The van der Waals surface area contributed by atoms with Crippen LogP contribution in [-0.4, -0.2) is 45.0 Å². The molecular formula is C18H25Br2NO4. The summed E-state index contributed by atoms with van der Waals surface area (Å²) in [5.41, 5.74) is 0. The molecule has 3 fully saturated rings. The molecule has 7 atom stereocenters. The lowest BCUT2D eigenvalue weighted by Gasteiger charge is -2.28. The lowest BCUT2D eigenvalue weighted by molar-refractivity contribution is -0.160. The molecule has 0 aromatic rings. The molecule has 2 aliphatic carbocycles. The highest BCUT2D eigenvalue weighted by Gasteiger charge is 2.67. The number of nitrogens with zero attached hydrogens (tertiary/aromatic N) is 1. The molecule has 140 valence electrons. The molecule has 0 spiro atoms. The molecular weight excluding hydrogens is 454 g/mol. The number of amides is 2. The van der Waals surface area contributed by atoms with Gasteiger partial charge in [0.2, 0.25) is 11.8 Å². The van der Waals surface area contributed by atoms with Gasteiger partial charge in [-0.05, 0) is 37.0 Å². The van der Waals surface area contributed by atoms with Gasteiger partial charge in [0.05, 0.1) is 18.4 Å². The standard InChI is InChI=1S/C18H25Br2NO4/c1-4-5-25-18(24)11(6-8(2)3)21-16(22)12-9-7-10(13(12)17(21)23)15(20)14(9)19/h8-15H,4-7H2,1-3H3/t9-,10-,11+,12-,13-,14+,15+/m1/s1. The number of ether oxygens (including phenoxy) is 1. The van der Waals surface area contributed by atoms with Crippen LogP contribution in [0.3, 0.4) is 0 Å². The maximum absolute atomic E-state index is 13.1. The third kappa shape index (κ3) is 3.09. The molecule has 25 heavy (non-hydrogen) atoms. The number of halogens is 2. The first-order valence-electron chi connectivity index (χ1n) is 9.11. The third-order valence-electron chi connectivity index (χ3n) is 5.75. The Morgan fingerprint density at radius 1 is 1.16 bits per heavy atom. The molecule has 2 saturated carbocycles. The quantitative estimate of drug-likeness (QED) is 0.334. The van der Waals surface area contributed by atoms with Crippen molar-refractivity contribution in [3.63, 3.8) is 0 Å². The Kier molecular flexibility index (Phi) is 5.64. The van der Waals surface area contributed by atoms with Gasteiger partial charge in [-0.25, -0.2) is 4.79 Å². The summed E-state index contributed by atoms with van der Waals surface area (Å²) < 4.78 is 5.29. The summed E-state index contributed by atoms with van der Waals surface area (Å²) in [5, 5.41) is 0. The molecule has 1 saturated heterocycles. The third-order valence-corrected chi connectivity index (χ3v) is 8.95. The highest BCUT2D eigenvalue weighted by atomic mass is 79.9. The lowest BCUT2D eigenvalue weighted by atomic mass is 9.81. The molecule has 0 aromatic carbocycles. The lowest BCUT2D eigenvalue weighted by Crippen LogP contribution is -2.47. The zero-order valence-corrected chi connectivity index (χ0v) is 18.0. The van der Waals surface area contributed by atoms with Crippen molar-refractivity contribution < 1.29 is 19.1 Å². The maximum Gasteiger partial charge on any atom is 0.329 e. The van der Waals surface area contributed by atoms with Crippen LogP contribution in [0.4, 0.5) is 0 Å². The van der Waals surface area contributed by atoms with Crippen LogP contribution in [0.15, 0.2) is 0 Å². The van der Waals surface area contributed by atoms with Gasteiger partial charge in [-0.3, -0.25) is 14.5 Å². The normalized spacial score (nSPS) is 37.8. The average molecular weight is 479 g/mol. The van der Waals surface area contributed by atoms with Gasteiger partial charge < -0.3 is 4.74 Å². The number of alkyl halides is 2. The molecule has 2 amide bonds. The number of imide groups is 1. The Morgan fingerprint density at radius 2 is 1.68 bits per heavy atom. The topological polar surface area (TPSA) is 63.7 Å². The van der Waals surface area contributed by atoms with Crippen molar-refractivity contribution in [2.24, 2.45) is 29.6 Å². The molecule has 5 nitrogen and oxygen atoms in total. The SMILES string of the molecule is CCCOC(=O)[C@H](CC(C)C)N1C(=O)[C@@H]2[C@H]3C[C@@H]([C@H](Br)[C@H]3Br)[C@H]2C1=O. The predicted molar refractivity (Wildman–Crippen MR) is 100 cm³/mol. The summed E-state index contributed by atoms with van der Waals surface area (Å²) in [6.07, 6.45) is 2.06. The molecule has 3 aliphatic rings. The van der Waals surface area contributed by atoms with E-state index in [1.54, 1.807) is 0 Å². The second-order valence-electron chi connectivity index (χ2n) is 7.86. The van der Waals surface area contributed by atoms with E-state index in [0.29, 0.717) is 19.4 Å². The van der Waals surface area contributed by atoms with Crippen molar-refractivity contribution in [3.05, 3.63) is 0 Å². The van der Waals surface area contributed by atoms with Gasteiger partial charge in [0.1, 0.15) is 6.04 Å². The summed E-state index contributed by atoms with van der Waals surface area (Å²) in [6, 6.07) is -0.792. The van der Waals surface area contributed by atoms with Crippen molar-refractivity contribution in [2.75, 3.05) is 6.61 Å². The molecule has 1 aliphatic heterocycles. The molecule has 7 heteroatoms. The van der Waals surface area contributed by atoms with Crippen molar-refractivity contribution >= 4 is 49.6 Å². The number of carbonyl (C=O) groups excluding carboxylic acids is 3. The minimum absolute atomic E-state index is 0.159. The number of fused-ring (bicyclic) bond motifs is 5. The first-order chi connectivity index (χ1) is 11.8. The van der Waals surface area contributed by atoms with E-state index >= 15 is 0 Å². The van der Waals surface area contributed by atoms with Crippen molar-refractivity contribution in [3.8, 4) is 0 Å². The smallest absolute Gasteiger partial charge is 0.329 e.